The lowest BCUT2D eigenvalue weighted by atomic mass is 9.79. The Morgan fingerprint density at radius 2 is 1.13 bits per heavy atom. The second-order valence-corrected chi connectivity index (χ2v) is 10.5. The first-order valence-corrected chi connectivity index (χ1v) is 13.8. The van der Waals surface area contributed by atoms with Crippen molar-refractivity contribution in [3.8, 4) is 0 Å². The number of aliphatic hydroxyl groups is 2. The lowest BCUT2D eigenvalue weighted by molar-refractivity contribution is -0.0134. The molecular formula is C29H26F5N11O2. The first kappa shape index (κ1) is 32.9. The molecular weight excluding hydrogens is 629 g/mol. The van der Waals surface area contributed by atoms with Crippen molar-refractivity contribution in [2.45, 2.75) is 43.7 Å². The molecule has 0 bridgehead atoms. The summed E-state index contributed by atoms with van der Waals surface area (Å²) < 4.78 is 73.0. The fourth-order valence-corrected chi connectivity index (χ4v) is 4.98. The molecule has 6 aromatic rings. The van der Waals surface area contributed by atoms with E-state index in [2.05, 4.69) is 40.2 Å². The van der Waals surface area contributed by atoms with Crippen LogP contribution in [0.15, 0.2) is 86.9 Å². The summed E-state index contributed by atoms with van der Waals surface area (Å²) in [7, 11) is 0. The van der Waals surface area contributed by atoms with Crippen molar-refractivity contribution in [3.05, 3.63) is 133 Å². The Morgan fingerprint density at radius 3 is 1.57 bits per heavy atom. The molecule has 2 aromatic carbocycles. The lowest BCUT2D eigenvalue weighted by Gasteiger charge is -2.34. The van der Waals surface area contributed by atoms with E-state index in [1.165, 1.54) is 65.0 Å². The summed E-state index contributed by atoms with van der Waals surface area (Å²) in [4.78, 5) is 18.8. The molecule has 0 aliphatic carbocycles. The van der Waals surface area contributed by atoms with E-state index in [0.717, 1.165) is 36.8 Å². The highest BCUT2D eigenvalue weighted by atomic mass is 19.1. The minimum absolute atomic E-state index is 0.0556. The maximum absolute atomic E-state index is 14.4. The number of aromatic nitrogens is 11. The fourth-order valence-electron chi connectivity index (χ4n) is 4.98. The summed E-state index contributed by atoms with van der Waals surface area (Å²) in [5.41, 5.74) is -4.00. The van der Waals surface area contributed by atoms with Crippen molar-refractivity contribution in [1.29, 1.82) is 0 Å². The van der Waals surface area contributed by atoms with Gasteiger partial charge in [0.2, 0.25) is 0 Å². The van der Waals surface area contributed by atoms with Gasteiger partial charge in [-0.15, -0.1) is 0 Å². The summed E-state index contributed by atoms with van der Waals surface area (Å²) in [6.07, 6.45) is 10.1. The number of benzene rings is 2. The Hall–Kier alpha value is -5.49. The maximum atomic E-state index is 14.4. The van der Waals surface area contributed by atoms with Gasteiger partial charge in [0.05, 0.1) is 31.5 Å². The zero-order valence-corrected chi connectivity index (χ0v) is 24.5. The molecule has 6 rings (SSSR count). The van der Waals surface area contributed by atoms with Crippen LogP contribution in [0.4, 0.5) is 22.0 Å². The highest BCUT2D eigenvalue weighted by molar-refractivity contribution is 5.30. The van der Waals surface area contributed by atoms with Crippen molar-refractivity contribution in [1.82, 2.24) is 54.3 Å². The van der Waals surface area contributed by atoms with Crippen LogP contribution in [0.3, 0.4) is 0 Å². The molecule has 2 N–H and O–H groups in total. The molecule has 0 saturated carbocycles. The van der Waals surface area contributed by atoms with E-state index in [4.69, 9.17) is 0 Å². The van der Waals surface area contributed by atoms with Gasteiger partial charge >= 0.3 is 0 Å². The SMILES string of the molecule is C[C@@H](c1ncncc1F)[C@](O)(Cn1cncn1)c1ccc(F)cc1F.OC(Cn1cncn1)(Cn1cncn1)c1ccc(F)cc1F. The number of hydrogen-bond acceptors (Lipinski definition) is 10. The quantitative estimate of drug-likeness (QED) is 0.210. The molecule has 0 unspecified atom stereocenters. The van der Waals surface area contributed by atoms with Crippen LogP contribution in [0.2, 0.25) is 0 Å². The van der Waals surface area contributed by atoms with Gasteiger partial charge in [-0.05, 0) is 12.1 Å². The molecule has 4 heterocycles. The monoisotopic (exact) mass is 655 g/mol. The molecule has 0 fully saturated rings. The van der Waals surface area contributed by atoms with Gasteiger partial charge in [0.25, 0.3) is 0 Å². The van der Waals surface area contributed by atoms with E-state index < -0.39 is 46.2 Å². The average Bonchev–Trinajstić information content (AvgIpc) is 3.83. The first-order valence-electron chi connectivity index (χ1n) is 13.8. The van der Waals surface area contributed by atoms with Crippen molar-refractivity contribution >= 4 is 0 Å². The van der Waals surface area contributed by atoms with Crippen LogP contribution in [0.25, 0.3) is 0 Å². The van der Waals surface area contributed by atoms with Crippen LogP contribution in [-0.4, -0.2) is 64.5 Å². The molecule has 244 valence electrons. The van der Waals surface area contributed by atoms with E-state index in [1.807, 2.05) is 0 Å². The molecule has 0 amide bonds. The van der Waals surface area contributed by atoms with E-state index in [9.17, 15) is 32.2 Å². The third kappa shape index (κ3) is 7.50. The van der Waals surface area contributed by atoms with Crippen LogP contribution in [0.1, 0.15) is 29.7 Å². The Morgan fingerprint density at radius 1 is 0.638 bits per heavy atom. The highest BCUT2D eigenvalue weighted by Gasteiger charge is 2.42. The average molecular weight is 656 g/mol. The zero-order chi connectivity index (χ0) is 33.6. The van der Waals surface area contributed by atoms with Gasteiger partial charge in [-0.3, -0.25) is 0 Å². The molecule has 0 radical (unpaired) electrons. The molecule has 0 saturated heterocycles. The minimum atomic E-state index is -1.96. The highest BCUT2D eigenvalue weighted by Crippen LogP contribution is 2.39. The van der Waals surface area contributed by atoms with Crippen molar-refractivity contribution in [3.63, 3.8) is 0 Å². The summed E-state index contributed by atoms with van der Waals surface area (Å²) in [6.45, 7) is 1.11. The largest absolute Gasteiger partial charge is 0.382 e. The Bertz CT molecular complexity index is 1860. The minimum Gasteiger partial charge on any atom is -0.382 e. The smallest absolute Gasteiger partial charge is 0.163 e. The Kier molecular flexibility index (Phi) is 9.71. The van der Waals surface area contributed by atoms with Crippen molar-refractivity contribution < 1.29 is 32.2 Å². The standard InChI is InChI=1S/C16H14F3N5O.C13H12F2N6O/c1-10(15-14(19)5-20-7-22-15)16(25,6-24-9-21-8-23-24)12-3-2-11(17)4-13(12)18;14-10-1-2-11(12(15)3-10)13(22,4-20-8-16-6-18-20)5-21-9-17-7-19-21/h2-5,7-10,25H,6H2,1H3;1-3,6-9,22H,4-5H2/t10-,16+;/m0./s1. The van der Waals surface area contributed by atoms with Gasteiger partial charge in [0, 0.05) is 29.2 Å². The molecule has 47 heavy (non-hydrogen) atoms. The molecule has 18 heteroatoms. The lowest BCUT2D eigenvalue weighted by Crippen LogP contribution is -2.39. The van der Waals surface area contributed by atoms with Crippen molar-refractivity contribution in [2.24, 2.45) is 0 Å². The molecule has 13 nitrogen and oxygen atoms in total. The summed E-state index contributed by atoms with van der Waals surface area (Å²) in [5.74, 6) is -5.03. The number of nitrogens with zero attached hydrogens (tertiary/aromatic N) is 11. The van der Waals surface area contributed by atoms with Crippen LogP contribution in [0.5, 0.6) is 0 Å². The Balaban J connectivity index is 0.000000186. The van der Waals surface area contributed by atoms with Gasteiger partial charge in [0.1, 0.15) is 78.8 Å². The molecule has 0 aliphatic rings. The van der Waals surface area contributed by atoms with E-state index >= 15 is 0 Å². The third-order valence-corrected chi connectivity index (χ3v) is 7.30. The van der Waals surface area contributed by atoms with E-state index in [-0.39, 0.29) is 36.5 Å². The van der Waals surface area contributed by atoms with E-state index in [1.54, 1.807) is 0 Å². The zero-order valence-electron chi connectivity index (χ0n) is 24.5. The fraction of sp³-hybridized carbons (Fsp3) is 0.241. The van der Waals surface area contributed by atoms with Gasteiger partial charge < -0.3 is 10.2 Å². The normalized spacial score (nSPS) is 13.4. The van der Waals surface area contributed by atoms with Crippen LogP contribution in [-0.2, 0) is 30.8 Å². The summed E-state index contributed by atoms with van der Waals surface area (Å²) in [6, 6.07) is 5.82. The number of hydrogen-bond donors (Lipinski definition) is 2. The second kappa shape index (κ2) is 13.9. The maximum Gasteiger partial charge on any atom is 0.163 e. The molecule has 0 aliphatic heterocycles. The van der Waals surface area contributed by atoms with Crippen LogP contribution < -0.4 is 0 Å². The van der Waals surface area contributed by atoms with Crippen LogP contribution >= 0.6 is 0 Å². The molecule has 4 aromatic heterocycles. The first-order chi connectivity index (χ1) is 22.5. The second-order valence-electron chi connectivity index (χ2n) is 10.5. The van der Waals surface area contributed by atoms with Gasteiger partial charge in [-0.25, -0.2) is 60.9 Å². The topological polar surface area (TPSA) is 158 Å². The van der Waals surface area contributed by atoms with Crippen molar-refractivity contribution in [2.75, 3.05) is 0 Å². The van der Waals surface area contributed by atoms with Crippen LogP contribution in [0, 0.1) is 29.1 Å². The molecule has 0 spiro atoms. The predicted octanol–water partition coefficient (Wildman–Crippen LogP) is 2.91. The van der Waals surface area contributed by atoms with Gasteiger partial charge in [-0.1, -0.05) is 19.1 Å². The number of halogens is 5. The van der Waals surface area contributed by atoms with E-state index in [0.29, 0.717) is 6.07 Å². The molecule has 2 atom stereocenters. The summed E-state index contributed by atoms with van der Waals surface area (Å²) >= 11 is 0. The predicted molar refractivity (Wildman–Crippen MR) is 151 cm³/mol. The van der Waals surface area contributed by atoms with Gasteiger partial charge in [-0.2, -0.15) is 15.3 Å². The Labute approximate surface area is 263 Å². The third-order valence-electron chi connectivity index (χ3n) is 7.30. The number of rotatable bonds is 10. The van der Waals surface area contributed by atoms with Gasteiger partial charge in [0.15, 0.2) is 5.82 Å². The summed E-state index contributed by atoms with van der Waals surface area (Å²) in [5, 5.41) is 34.0.